The molecule has 1 fully saturated rings. The third-order valence-electron chi connectivity index (χ3n) is 5.32. The summed E-state index contributed by atoms with van der Waals surface area (Å²) in [6.45, 7) is 7.80. The van der Waals surface area contributed by atoms with Gasteiger partial charge in [0, 0.05) is 0 Å². The molecule has 0 amide bonds. The summed E-state index contributed by atoms with van der Waals surface area (Å²) in [5.41, 5.74) is 1.52. The van der Waals surface area contributed by atoms with Crippen molar-refractivity contribution in [2.24, 2.45) is 11.8 Å². The molecule has 3 atom stereocenters. The second-order valence-corrected chi connectivity index (χ2v) is 7.18. The fourth-order valence-corrected chi connectivity index (χ4v) is 3.90. The Kier molecular flexibility index (Phi) is 7.29. The Morgan fingerprint density at radius 2 is 1.73 bits per heavy atom. The minimum absolute atomic E-state index is 0.752. The lowest BCUT2D eigenvalue weighted by Crippen LogP contribution is -2.21. The number of benzene rings is 1. The van der Waals surface area contributed by atoms with Crippen LogP contribution in [-0.4, -0.2) is 6.61 Å². The van der Waals surface area contributed by atoms with Gasteiger partial charge in [-0.15, -0.1) is 0 Å². The summed E-state index contributed by atoms with van der Waals surface area (Å²) in [5.74, 6) is 3.58. The highest BCUT2D eigenvalue weighted by atomic mass is 16.5. The summed E-state index contributed by atoms with van der Waals surface area (Å²) in [5, 5.41) is 0. The molecule has 0 radical (unpaired) electrons. The van der Waals surface area contributed by atoms with E-state index in [1.54, 1.807) is 0 Å². The van der Waals surface area contributed by atoms with Gasteiger partial charge in [-0.25, -0.2) is 0 Å². The molecular weight excluding hydrogens is 268 g/mol. The standard InChI is InChI=1S/C21H34O/c1-4-6-8-18-9-14-21(17(3)16-18)19-10-12-20(13-11-19)22-15-7-5-2/h10-13,17-18,21H,4-9,14-16H2,1-3H3. The van der Waals surface area contributed by atoms with Crippen molar-refractivity contribution in [2.45, 2.75) is 78.1 Å². The van der Waals surface area contributed by atoms with E-state index >= 15 is 0 Å². The minimum Gasteiger partial charge on any atom is -0.494 e. The summed E-state index contributed by atoms with van der Waals surface area (Å²) in [6, 6.07) is 8.94. The molecule has 0 N–H and O–H groups in total. The fraction of sp³-hybridized carbons (Fsp3) is 0.714. The van der Waals surface area contributed by atoms with Gasteiger partial charge in [-0.1, -0.05) is 58.6 Å². The first-order valence-electron chi connectivity index (χ1n) is 9.47. The van der Waals surface area contributed by atoms with Crippen molar-refractivity contribution in [3.05, 3.63) is 29.8 Å². The van der Waals surface area contributed by atoms with Crippen LogP contribution in [0.3, 0.4) is 0 Å². The van der Waals surface area contributed by atoms with Crippen molar-refractivity contribution < 1.29 is 4.74 Å². The van der Waals surface area contributed by atoms with Crippen LogP contribution in [0.1, 0.15) is 83.6 Å². The van der Waals surface area contributed by atoms with Gasteiger partial charge in [0.15, 0.2) is 0 Å². The number of unbranched alkanes of at least 4 members (excludes halogenated alkanes) is 2. The van der Waals surface area contributed by atoms with Crippen LogP contribution in [0.15, 0.2) is 24.3 Å². The zero-order valence-electron chi connectivity index (χ0n) is 14.8. The molecule has 0 bridgehead atoms. The van der Waals surface area contributed by atoms with Gasteiger partial charge >= 0.3 is 0 Å². The molecule has 1 aromatic rings. The molecule has 1 saturated carbocycles. The van der Waals surface area contributed by atoms with Gasteiger partial charge in [0.1, 0.15) is 5.75 Å². The Labute approximate surface area is 137 Å². The highest BCUT2D eigenvalue weighted by Crippen LogP contribution is 2.42. The average Bonchev–Trinajstić information content (AvgIpc) is 2.54. The molecule has 2 rings (SSSR count). The Balaban J connectivity index is 1.86. The predicted molar refractivity (Wildman–Crippen MR) is 95.6 cm³/mol. The molecule has 0 heterocycles. The van der Waals surface area contributed by atoms with Crippen molar-refractivity contribution in [2.75, 3.05) is 6.61 Å². The van der Waals surface area contributed by atoms with Crippen molar-refractivity contribution >= 4 is 0 Å². The minimum atomic E-state index is 0.752. The van der Waals surface area contributed by atoms with Crippen LogP contribution in [0.5, 0.6) is 5.75 Å². The molecule has 0 aliphatic heterocycles. The molecule has 1 aromatic carbocycles. The van der Waals surface area contributed by atoms with E-state index in [9.17, 15) is 0 Å². The van der Waals surface area contributed by atoms with E-state index in [4.69, 9.17) is 4.74 Å². The molecule has 1 aliphatic rings. The molecule has 3 unspecified atom stereocenters. The maximum Gasteiger partial charge on any atom is 0.119 e. The van der Waals surface area contributed by atoms with Crippen molar-refractivity contribution in [1.29, 1.82) is 0 Å². The van der Waals surface area contributed by atoms with Crippen molar-refractivity contribution in [3.63, 3.8) is 0 Å². The van der Waals surface area contributed by atoms with E-state index in [0.29, 0.717) is 0 Å². The van der Waals surface area contributed by atoms with Crippen LogP contribution in [-0.2, 0) is 0 Å². The normalized spacial score (nSPS) is 25.1. The maximum absolute atomic E-state index is 5.78. The predicted octanol–water partition coefficient (Wildman–Crippen LogP) is 6.58. The maximum atomic E-state index is 5.78. The highest BCUT2D eigenvalue weighted by molar-refractivity contribution is 5.30. The number of rotatable bonds is 8. The fourth-order valence-electron chi connectivity index (χ4n) is 3.90. The van der Waals surface area contributed by atoms with Crippen LogP contribution < -0.4 is 4.74 Å². The third kappa shape index (κ3) is 5.04. The Bertz CT molecular complexity index is 408. The summed E-state index contributed by atoms with van der Waals surface area (Å²) < 4.78 is 5.78. The second kappa shape index (κ2) is 9.22. The number of hydrogen-bond donors (Lipinski definition) is 0. The first-order chi connectivity index (χ1) is 10.7. The highest BCUT2D eigenvalue weighted by Gasteiger charge is 2.28. The summed E-state index contributed by atoms with van der Waals surface area (Å²) >= 11 is 0. The van der Waals surface area contributed by atoms with E-state index in [1.807, 2.05) is 0 Å². The molecule has 0 saturated heterocycles. The average molecular weight is 303 g/mol. The van der Waals surface area contributed by atoms with Crippen molar-refractivity contribution in [1.82, 2.24) is 0 Å². The van der Waals surface area contributed by atoms with Gasteiger partial charge in [-0.2, -0.15) is 0 Å². The van der Waals surface area contributed by atoms with E-state index in [0.717, 1.165) is 36.5 Å². The number of hydrogen-bond acceptors (Lipinski definition) is 1. The molecule has 1 aliphatic carbocycles. The van der Waals surface area contributed by atoms with E-state index in [-0.39, 0.29) is 0 Å². The molecule has 22 heavy (non-hydrogen) atoms. The van der Waals surface area contributed by atoms with E-state index in [2.05, 4.69) is 45.0 Å². The lowest BCUT2D eigenvalue weighted by molar-refractivity contribution is 0.233. The van der Waals surface area contributed by atoms with Gasteiger partial charge in [0.25, 0.3) is 0 Å². The Morgan fingerprint density at radius 1 is 1.00 bits per heavy atom. The summed E-state index contributed by atoms with van der Waals surface area (Å²) in [7, 11) is 0. The SMILES string of the molecule is CCCCOc1ccc(C2CCC(CCCC)CC2C)cc1. The van der Waals surface area contributed by atoms with Crippen LogP contribution in [0.2, 0.25) is 0 Å². The molecule has 1 heteroatoms. The Hall–Kier alpha value is -0.980. The quantitative estimate of drug-likeness (QED) is 0.493. The third-order valence-corrected chi connectivity index (χ3v) is 5.32. The topological polar surface area (TPSA) is 9.23 Å². The molecule has 1 nitrogen and oxygen atoms in total. The monoisotopic (exact) mass is 302 g/mol. The first kappa shape index (κ1) is 17.4. The summed E-state index contributed by atoms with van der Waals surface area (Å²) in [4.78, 5) is 0. The smallest absolute Gasteiger partial charge is 0.119 e. The van der Waals surface area contributed by atoms with Gasteiger partial charge in [0.05, 0.1) is 6.61 Å². The van der Waals surface area contributed by atoms with Crippen LogP contribution >= 0.6 is 0 Å². The van der Waals surface area contributed by atoms with Crippen LogP contribution in [0.25, 0.3) is 0 Å². The second-order valence-electron chi connectivity index (χ2n) is 7.18. The number of ether oxygens (including phenoxy) is 1. The zero-order chi connectivity index (χ0) is 15.8. The lowest BCUT2D eigenvalue weighted by Gasteiger charge is -2.34. The molecule has 0 spiro atoms. The first-order valence-corrected chi connectivity index (χ1v) is 9.47. The molecule has 0 aromatic heterocycles. The van der Waals surface area contributed by atoms with Gasteiger partial charge in [0.2, 0.25) is 0 Å². The van der Waals surface area contributed by atoms with E-state index in [1.165, 1.54) is 50.5 Å². The van der Waals surface area contributed by atoms with Crippen LogP contribution in [0, 0.1) is 11.8 Å². The van der Waals surface area contributed by atoms with Gasteiger partial charge in [-0.3, -0.25) is 0 Å². The Morgan fingerprint density at radius 3 is 2.36 bits per heavy atom. The summed E-state index contributed by atoms with van der Waals surface area (Å²) in [6.07, 6.45) is 10.7. The van der Waals surface area contributed by atoms with Gasteiger partial charge < -0.3 is 4.74 Å². The zero-order valence-corrected chi connectivity index (χ0v) is 14.8. The van der Waals surface area contributed by atoms with E-state index < -0.39 is 0 Å². The van der Waals surface area contributed by atoms with Crippen molar-refractivity contribution in [3.8, 4) is 5.75 Å². The lowest BCUT2D eigenvalue weighted by atomic mass is 9.71. The molecular formula is C21H34O. The van der Waals surface area contributed by atoms with Crippen LogP contribution in [0.4, 0.5) is 0 Å². The molecule has 124 valence electrons. The largest absolute Gasteiger partial charge is 0.494 e. The van der Waals surface area contributed by atoms with Gasteiger partial charge in [-0.05, 0) is 61.1 Å².